The second-order valence-corrected chi connectivity index (χ2v) is 5.34. The summed E-state index contributed by atoms with van der Waals surface area (Å²) in [5.74, 6) is 0.860. The molecule has 3 N–H and O–H groups in total. The number of ether oxygens (including phenoxy) is 1. The molecular weight excluding hydrogens is 328 g/mol. The van der Waals surface area contributed by atoms with Gasteiger partial charge in [-0.05, 0) is 17.7 Å². The van der Waals surface area contributed by atoms with Crippen molar-refractivity contribution < 1.29 is 13.6 Å². The molecule has 0 aliphatic heterocycles. The molecule has 0 unspecified atom stereocenters. The molecule has 1 aromatic carbocycles. The van der Waals surface area contributed by atoms with Crippen LogP contribution in [0.25, 0.3) is 21.9 Å². The summed E-state index contributed by atoms with van der Waals surface area (Å²) in [6.07, 6.45) is 1.55. The number of hydrogen-bond donors (Lipinski definition) is 2. The molecule has 116 valence electrons. The number of fused-ring (bicyclic) bond motifs is 2. The first-order valence-electron chi connectivity index (χ1n) is 6.08. The largest absolute Gasteiger partial charge is 0.490 e. The van der Waals surface area contributed by atoms with Crippen molar-refractivity contribution in [3.05, 3.63) is 40.4 Å². The van der Waals surface area contributed by atoms with E-state index in [0.717, 1.165) is 16.3 Å². The van der Waals surface area contributed by atoms with Crippen LogP contribution in [0.3, 0.4) is 0 Å². The van der Waals surface area contributed by atoms with E-state index in [4.69, 9.17) is 24.7 Å². The van der Waals surface area contributed by atoms with Gasteiger partial charge in [0, 0.05) is 22.6 Å². The van der Waals surface area contributed by atoms with Crippen LogP contribution in [0.4, 0.5) is 0 Å². The number of halogens is 1. The number of methoxy groups -OCH3 is 1. The van der Waals surface area contributed by atoms with Crippen molar-refractivity contribution >= 4 is 51.3 Å². The number of rotatable bonds is 3. The Bertz CT molecular complexity index is 903. The van der Waals surface area contributed by atoms with Crippen LogP contribution in [0.1, 0.15) is 5.56 Å². The number of nitrogens with two attached hydrogens (primary N) is 1. The van der Waals surface area contributed by atoms with Crippen LogP contribution in [0.5, 0.6) is 5.75 Å². The van der Waals surface area contributed by atoms with Crippen LogP contribution >= 0.6 is 24.2 Å². The van der Waals surface area contributed by atoms with E-state index in [0.29, 0.717) is 22.7 Å². The molecule has 0 saturated heterocycles. The molecule has 2 aromatic heterocycles. The van der Waals surface area contributed by atoms with Crippen molar-refractivity contribution in [2.24, 2.45) is 5.73 Å². The van der Waals surface area contributed by atoms with Gasteiger partial charge in [0.25, 0.3) is 0 Å². The van der Waals surface area contributed by atoms with Crippen molar-refractivity contribution in [3.8, 4) is 5.75 Å². The summed E-state index contributed by atoms with van der Waals surface area (Å²) >= 11 is 1.19. The van der Waals surface area contributed by atoms with Gasteiger partial charge in [0.05, 0.1) is 13.4 Å². The lowest BCUT2D eigenvalue weighted by Gasteiger charge is -2.10. The lowest BCUT2D eigenvalue weighted by Crippen LogP contribution is -2.04. The molecule has 8 heteroatoms. The number of hydrogen-bond acceptors (Lipinski definition) is 6. The third kappa shape index (κ3) is 2.65. The second kappa shape index (κ2) is 6.33. The number of nitrogens with one attached hydrogen (secondary N) is 1. The highest BCUT2D eigenvalue weighted by atomic mass is 35.5. The maximum atomic E-state index is 11.5. The van der Waals surface area contributed by atoms with Gasteiger partial charge in [0.1, 0.15) is 0 Å². The van der Waals surface area contributed by atoms with Gasteiger partial charge in [-0.3, -0.25) is 5.41 Å². The lowest BCUT2D eigenvalue weighted by atomic mass is 10.1. The summed E-state index contributed by atoms with van der Waals surface area (Å²) in [6.45, 7) is 0. The van der Waals surface area contributed by atoms with E-state index in [9.17, 15) is 4.79 Å². The smallest absolute Gasteiger partial charge is 0.336 e. The molecule has 0 fully saturated rings. The Kier molecular flexibility index (Phi) is 4.68. The van der Waals surface area contributed by atoms with Crippen LogP contribution < -0.4 is 16.1 Å². The lowest BCUT2D eigenvalue weighted by molar-refractivity contribution is 0.402. The van der Waals surface area contributed by atoms with Crippen LogP contribution in [-0.2, 0) is 5.75 Å². The minimum atomic E-state index is -0.461. The monoisotopic (exact) mass is 340 g/mol. The molecule has 0 amide bonds. The molecule has 0 bridgehead atoms. The summed E-state index contributed by atoms with van der Waals surface area (Å²) in [5.41, 5.74) is 6.69. The average Bonchev–Trinajstić information content (AvgIpc) is 2.92. The van der Waals surface area contributed by atoms with Crippen molar-refractivity contribution in [2.75, 3.05) is 7.11 Å². The van der Waals surface area contributed by atoms with E-state index >= 15 is 0 Å². The van der Waals surface area contributed by atoms with Gasteiger partial charge >= 0.3 is 5.63 Å². The van der Waals surface area contributed by atoms with E-state index in [-0.39, 0.29) is 17.6 Å². The van der Waals surface area contributed by atoms with Gasteiger partial charge in [-0.25, -0.2) is 4.79 Å². The standard InChI is InChI=1S/C14H12N2O4S.ClH/c1-18-13-11-8(4-5-19-11)9(6-21-14(15)16)7-2-3-10(17)20-12(7)13;/h2-5H,6H2,1H3,(H3,15,16);1H. The zero-order valence-corrected chi connectivity index (χ0v) is 13.2. The molecule has 0 aliphatic carbocycles. The average molecular weight is 341 g/mol. The van der Waals surface area contributed by atoms with Crippen LogP contribution in [0.2, 0.25) is 0 Å². The molecule has 0 saturated carbocycles. The van der Waals surface area contributed by atoms with E-state index < -0.39 is 5.63 Å². The van der Waals surface area contributed by atoms with Crippen LogP contribution in [-0.4, -0.2) is 12.3 Å². The highest BCUT2D eigenvalue weighted by molar-refractivity contribution is 8.13. The zero-order chi connectivity index (χ0) is 15.0. The summed E-state index contributed by atoms with van der Waals surface area (Å²) in [5, 5.41) is 8.97. The molecule has 0 radical (unpaired) electrons. The zero-order valence-electron chi connectivity index (χ0n) is 11.5. The predicted molar refractivity (Wildman–Crippen MR) is 89.3 cm³/mol. The van der Waals surface area contributed by atoms with E-state index in [1.165, 1.54) is 24.9 Å². The fourth-order valence-corrected chi connectivity index (χ4v) is 2.90. The first-order chi connectivity index (χ1) is 10.1. The minimum Gasteiger partial charge on any atom is -0.490 e. The van der Waals surface area contributed by atoms with Crippen molar-refractivity contribution in [3.63, 3.8) is 0 Å². The summed E-state index contributed by atoms with van der Waals surface area (Å²) in [4.78, 5) is 11.5. The number of amidine groups is 1. The molecule has 22 heavy (non-hydrogen) atoms. The number of thioether (sulfide) groups is 1. The quantitative estimate of drug-likeness (QED) is 0.431. The van der Waals surface area contributed by atoms with Crippen molar-refractivity contribution in [1.82, 2.24) is 0 Å². The maximum absolute atomic E-state index is 11.5. The highest BCUT2D eigenvalue weighted by Crippen LogP contribution is 2.39. The molecule has 3 aromatic rings. The number of furan rings is 1. The predicted octanol–water partition coefficient (Wildman–Crippen LogP) is 3.10. The van der Waals surface area contributed by atoms with Gasteiger partial charge in [-0.2, -0.15) is 0 Å². The van der Waals surface area contributed by atoms with Crippen LogP contribution in [0, 0.1) is 5.41 Å². The Morgan fingerprint density at radius 2 is 2.05 bits per heavy atom. The van der Waals surface area contributed by atoms with E-state index in [1.54, 1.807) is 12.3 Å². The Morgan fingerprint density at radius 1 is 1.32 bits per heavy atom. The second-order valence-electron chi connectivity index (χ2n) is 4.33. The van der Waals surface area contributed by atoms with Gasteiger partial charge < -0.3 is 19.3 Å². The van der Waals surface area contributed by atoms with Gasteiger partial charge in [0.2, 0.25) is 5.75 Å². The molecule has 2 heterocycles. The number of benzene rings is 1. The molecule has 0 aliphatic rings. The Hall–Kier alpha value is -2.12. The third-order valence-corrected chi connectivity index (χ3v) is 3.88. The Morgan fingerprint density at radius 3 is 2.73 bits per heavy atom. The normalized spacial score (nSPS) is 10.6. The molecule has 6 nitrogen and oxygen atoms in total. The minimum absolute atomic E-state index is 0. The van der Waals surface area contributed by atoms with Gasteiger partial charge in [-0.15, -0.1) is 12.4 Å². The van der Waals surface area contributed by atoms with Crippen molar-refractivity contribution in [2.45, 2.75) is 5.75 Å². The fourth-order valence-electron chi connectivity index (χ4n) is 2.28. The first-order valence-corrected chi connectivity index (χ1v) is 7.07. The fraction of sp³-hybridized carbons (Fsp3) is 0.143. The molecule has 0 atom stereocenters. The third-order valence-electron chi connectivity index (χ3n) is 3.14. The summed E-state index contributed by atoms with van der Waals surface area (Å²) in [7, 11) is 1.49. The SMILES string of the molecule is COc1c2occc2c(CSC(=N)N)c2ccc(=O)oc12.Cl. The van der Waals surface area contributed by atoms with Gasteiger partial charge in [-0.1, -0.05) is 11.8 Å². The van der Waals surface area contributed by atoms with E-state index in [2.05, 4.69) is 0 Å². The van der Waals surface area contributed by atoms with E-state index in [1.807, 2.05) is 6.07 Å². The Balaban J connectivity index is 0.00000176. The first kappa shape index (κ1) is 16.3. The summed E-state index contributed by atoms with van der Waals surface area (Å²) < 4.78 is 16.1. The topological polar surface area (TPSA) is 102 Å². The Labute approximate surface area is 135 Å². The molecule has 0 spiro atoms. The highest BCUT2D eigenvalue weighted by Gasteiger charge is 2.19. The summed E-state index contributed by atoms with van der Waals surface area (Å²) in [6, 6.07) is 4.86. The van der Waals surface area contributed by atoms with Crippen LogP contribution in [0.15, 0.2) is 38.1 Å². The van der Waals surface area contributed by atoms with Gasteiger partial charge in [0.15, 0.2) is 16.3 Å². The molecular formula is C14H13ClN2O4S. The van der Waals surface area contributed by atoms with Crippen molar-refractivity contribution in [1.29, 1.82) is 5.41 Å². The maximum Gasteiger partial charge on any atom is 0.336 e. The molecule has 3 rings (SSSR count).